The zero-order valence-electron chi connectivity index (χ0n) is 12.2. The van der Waals surface area contributed by atoms with Gasteiger partial charge in [0.05, 0.1) is 21.5 Å². The van der Waals surface area contributed by atoms with Crippen molar-refractivity contribution in [2.75, 3.05) is 5.32 Å². The molecule has 0 atom stereocenters. The Morgan fingerprint density at radius 1 is 1.24 bits per heavy atom. The van der Waals surface area contributed by atoms with Crippen LogP contribution in [0.2, 0.25) is 0 Å². The third kappa shape index (κ3) is 3.88. The number of amides is 1. The van der Waals surface area contributed by atoms with Crippen LogP contribution in [0.3, 0.4) is 0 Å². The summed E-state index contributed by atoms with van der Waals surface area (Å²) in [5.74, 6) is -1.05. The molecule has 0 bridgehead atoms. The average Bonchev–Trinajstić information content (AvgIpc) is 2.95. The highest BCUT2D eigenvalue weighted by molar-refractivity contribution is 7.14. The van der Waals surface area contributed by atoms with Gasteiger partial charge in [-0.3, -0.25) is 30.3 Å². The summed E-state index contributed by atoms with van der Waals surface area (Å²) in [4.78, 5) is 35.3. The summed E-state index contributed by atoms with van der Waals surface area (Å²) in [5.41, 5.74) is -3.15. The third-order valence-corrected chi connectivity index (χ3v) is 3.79. The fourth-order valence-electron chi connectivity index (χ4n) is 1.84. The lowest BCUT2D eigenvalue weighted by molar-refractivity contribution is -0.394. The van der Waals surface area contributed by atoms with E-state index in [0.29, 0.717) is 22.8 Å². The van der Waals surface area contributed by atoms with Gasteiger partial charge in [0.2, 0.25) is 0 Å². The summed E-state index contributed by atoms with van der Waals surface area (Å²) < 4.78 is 37.5. The van der Waals surface area contributed by atoms with Crippen LogP contribution in [0.4, 0.5) is 29.7 Å². The number of nitrogens with zero attached hydrogens (tertiary/aromatic N) is 3. The van der Waals surface area contributed by atoms with Crippen molar-refractivity contribution < 1.29 is 27.8 Å². The van der Waals surface area contributed by atoms with Crippen molar-refractivity contribution in [2.24, 2.45) is 0 Å². The number of nitro benzene ring substituents is 2. The molecule has 0 aliphatic rings. The summed E-state index contributed by atoms with van der Waals surface area (Å²) in [6.45, 7) is 1.19. The lowest BCUT2D eigenvalue weighted by Crippen LogP contribution is -2.15. The second-order valence-electron chi connectivity index (χ2n) is 4.64. The number of nitro groups is 2. The lowest BCUT2D eigenvalue weighted by Gasteiger charge is -2.06. The van der Waals surface area contributed by atoms with Gasteiger partial charge in [-0.25, -0.2) is 4.98 Å². The lowest BCUT2D eigenvalue weighted by atomic mass is 10.0. The fraction of sp³-hybridized carbons (Fsp3) is 0.167. The second-order valence-corrected chi connectivity index (χ2v) is 5.50. The molecule has 0 radical (unpaired) electrons. The Hall–Kier alpha value is -3.09. The van der Waals surface area contributed by atoms with Gasteiger partial charge >= 0.3 is 6.18 Å². The van der Waals surface area contributed by atoms with E-state index in [4.69, 9.17) is 0 Å². The van der Waals surface area contributed by atoms with E-state index in [1.165, 1.54) is 6.92 Å². The molecular formula is C12H7F3N4O5S. The topological polar surface area (TPSA) is 128 Å². The number of rotatable bonds is 4. The Morgan fingerprint density at radius 2 is 1.88 bits per heavy atom. The van der Waals surface area contributed by atoms with E-state index in [0.717, 1.165) is 6.07 Å². The van der Waals surface area contributed by atoms with E-state index in [1.807, 2.05) is 5.32 Å². The number of non-ortho nitro benzene ring substituents is 1. The van der Waals surface area contributed by atoms with Crippen LogP contribution in [0.5, 0.6) is 0 Å². The molecule has 13 heteroatoms. The minimum atomic E-state index is -4.69. The number of aromatic nitrogens is 1. The normalized spacial score (nSPS) is 11.2. The van der Waals surface area contributed by atoms with Gasteiger partial charge in [0.15, 0.2) is 10.8 Å². The van der Waals surface area contributed by atoms with Crippen LogP contribution in [0.1, 0.15) is 21.6 Å². The van der Waals surface area contributed by atoms with Crippen LogP contribution in [-0.4, -0.2) is 20.7 Å². The van der Waals surface area contributed by atoms with E-state index < -0.39 is 49.7 Å². The van der Waals surface area contributed by atoms with Gasteiger partial charge in [-0.05, 0) is 6.92 Å². The van der Waals surface area contributed by atoms with Gasteiger partial charge in [0, 0.05) is 17.0 Å². The Kier molecular flexibility index (Phi) is 4.69. The second kappa shape index (κ2) is 6.43. The van der Waals surface area contributed by atoms with Gasteiger partial charge < -0.3 is 0 Å². The van der Waals surface area contributed by atoms with Crippen LogP contribution < -0.4 is 5.32 Å². The first-order valence-corrected chi connectivity index (χ1v) is 7.16. The number of hydrogen-bond donors (Lipinski definition) is 1. The fourth-order valence-corrected chi connectivity index (χ4v) is 2.55. The molecule has 25 heavy (non-hydrogen) atoms. The van der Waals surface area contributed by atoms with Crippen molar-refractivity contribution in [1.82, 2.24) is 4.98 Å². The molecule has 0 spiro atoms. The highest BCUT2D eigenvalue weighted by atomic mass is 32.1. The summed E-state index contributed by atoms with van der Waals surface area (Å²) >= 11 is 0.495. The number of nitrogens with one attached hydrogen (secondary N) is 1. The molecule has 0 fully saturated rings. The first kappa shape index (κ1) is 18.3. The van der Waals surface area contributed by atoms with Crippen LogP contribution >= 0.6 is 11.3 Å². The number of anilines is 1. The molecule has 0 aliphatic heterocycles. The Labute approximate surface area is 140 Å². The van der Waals surface area contributed by atoms with Crippen molar-refractivity contribution in [2.45, 2.75) is 13.1 Å². The summed E-state index contributed by atoms with van der Waals surface area (Å²) in [5, 5.41) is 24.1. The van der Waals surface area contributed by atoms with Crippen molar-refractivity contribution in [3.63, 3.8) is 0 Å². The maximum absolute atomic E-state index is 12.5. The maximum Gasteiger partial charge on any atom is 0.434 e. The van der Waals surface area contributed by atoms with Crippen LogP contribution in [0, 0.1) is 27.2 Å². The molecule has 132 valence electrons. The van der Waals surface area contributed by atoms with Gasteiger partial charge in [-0.2, -0.15) is 13.2 Å². The molecule has 1 N–H and O–H groups in total. The number of carbonyl (C=O) groups is 1. The molecule has 0 aliphatic carbocycles. The zero-order chi connectivity index (χ0) is 18.9. The Morgan fingerprint density at radius 3 is 2.36 bits per heavy atom. The largest absolute Gasteiger partial charge is 0.434 e. The number of benzene rings is 1. The molecule has 2 aromatic rings. The van der Waals surface area contributed by atoms with Crippen LogP contribution in [0.15, 0.2) is 17.5 Å². The van der Waals surface area contributed by atoms with E-state index in [1.54, 1.807) is 0 Å². The molecular weight excluding hydrogens is 369 g/mol. The molecule has 2 rings (SSSR count). The van der Waals surface area contributed by atoms with E-state index in [-0.39, 0.29) is 5.56 Å². The predicted octanol–water partition coefficient (Wildman–Crippen LogP) is 3.54. The number of hydrogen-bond acceptors (Lipinski definition) is 7. The minimum absolute atomic E-state index is 0.166. The standard InChI is InChI=1S/C12H7F3N4O5S/c1-5-7(2-6(18(21)22)3-8(5)19(23)24)10(20)17-11-16-9(4-25-11)12(13,14)15/h2-4H,1H3,(H,16,17,20). The first-order chi connectivity index (χ1) is 11.5. The highest BCUT2D eigenvalue weighted by Gasteiger charge is 2.34. The Balaban J connectivity index is 2.40. The highest BCUT2D eigenvalue weighted by Crippen LogP contribution is 2.32. The number of alkyl halides is 3. The van der Waals surface area contributed by atoms with E-state index in [2.05, 4.69) is 4.98 Å². The molecule has 9 nitrogen and oxygen atoms in total. The predicted molar refractivity (Wildman–Crippen MR) is 79.6 cm³/mol. The minimum Gasteiger partial charge on any atom is -0.298 e. The van der Waals surface area contributed by atoms with Crippen molar-refractivity contribution in [3.05, 3.63) is 54.6 Å². The van der Waals surface area contributed by atoms with Crippen molar-refractivity contribution in [3.8, 4) is 0 Å². The zero-order valence-corrected chi connectivity index (χ0v) is 13.0. The first-order valence-electron chi connectivity index (χ1n) is 6.28. The number of carbonyl (C=O) groups excluding carboxylic acids is 1. The molecule has 0 unspecified atom stereocenters. The summed E-state index contributed by atoms with van der Waals surface area (Å²) in [6, 6.07) is 1.49. The Bertz CT molecular complexity index is 880. The quantitative estimate of drug-likeness (QED) is 0.642. The summed E-state index contributed by atoms with van der Waals surface area (Å²) in [6.07, 6.45) is -4.69. The van der Waals surface area contributed by atoms with Gasteiger partial charge in [0.1, 0.15) is 0 Å². The summed E-state index contributed by atoms with van der Waals surface area (Å²) in [7, 11) is 0. The van der Waals surface area contributed by atoms with E-state index in [9.17, 15) is 38.2 Å². The monoisotopic (exact) mass is 376 g/mol. The van der Waals surface area contributed by atoms with Crippen LogP contribution in [0.25, 0.3) is 0 Å². The third-order valence-electron chi connectivity index (χ3n) is 3.03. The molecule has 1 aromatic carbocycles. The average molecular weight is 376 g/mol. The molecule has 1 amide bonds. The van der Waals surface area contributed by atoms with Crippen molar-refractivity contribution in [1.29, 1.82) is 0 Å². The SMILES string of the molecule is Cc1c(C(=O)Nc2nc(C(F)(F)F)cs2)cc([N+](=O)[O-])cc1[N+](=O)[O-]. The molecule has 1 aromatic heterocycles. The molecule has 1 heterocycles. The van der Waals surface area contributed by atoms with Gasteiger partial charge in [0.25, 0.3) is 17.3 Å². The maximum atomic E-state index is 12.5. The van der Waals surface area contributed by atoms with Crippen LogP contribution in [-0.2, 0) is 6.18 Å². The van der Waals surface area contributed by atoms with Gasteiger partial charge in [-0.15, -0.1) is 11.3 Å². The van der Waals surface area contributed by atoms with Crippen molar-refractivity contribution >= 4 is 33.8 Å². The number of halogens is 3. The van der Waals surface area contributed by atoms with Gasteiger partial charge in [-0.1, -0.05) is 0 Å². The van der Waals surface area contributed by atoms with E-state index >= 15 is 0 Å². The smallest absolute Gasteiger partial charge is 0.298 e. The molecule has 0 saturated heterocycles. The molecule has 0 saturated carbocycles. The number of thiazole rings is 1.